The smallest absolute Gasteiger partial charge is 0.229 e. The largest absolute Gasteiger partial charge is 0.496 e. The lowest BCUT2D eigenvalue weighted by Gasteiger charge is -2.16. The molecule has 3 nitrogen and oxygen atoms in total. The van der Waals surface area contributed by atoms with Crippen LogP contribution in [0, 0.1) is 0 Å². The minimum absolute atomic E-state index is 0.388. The number of carbonyl (C=O) groups excluding carboxylic acids is 1. The second-order valence-corrected chi connectivity index (χ2v) is 4.53. The maximum absolute atomic E-state index is 11.7. The Labute approximate surface area is 117 Å². The fourth-order valence-corrected chi connectivity index (χ4v) is 2.22. The first-order chi connectivity index (χ1) is 9.22. The molecule has 0 N–H and O–H groups in total. The molecule has 0 radical (unpaired) electrons. The van der Waals surface area contributed by atoms with E-state index in [0.717, 1.165) is 11.1 Å². The third kappa shape index (κ3) is 3.32. The van der Waals surface area contributed by atoms with E-state index < -0.39 is 5.92 Å². The number of aromatic nitrogens is 1. The molecular weight excluding hydrogens is 262 g/mol. The summed E-state index contributed by atoms with van der Waals surface area (Å²) in [5, 5.41) is -0.388. The van der Waals surface area contributed by atoms with Crippen molar-refractivity contribution in [3.8, 4) is 5.75 Å². The van der Waals surface area contributed by atoms with Crippen LogP contribution in [0.15, 0.2) is 48.8 Å². The number of methoxy groups -OCH3 is 1. The van der Waals surface area contributed by atoms with Crippen LogP contribution in [0.1, 0.15) is 17.0 Å². The molecule has 0 fully saturated rings. The zero-order chi connectivity index (χ0) is 13.7. The first-order valence-corrected chi connectivity index (χ1v) is 6.31. The number of hydrogen-bond donors (Lipinski definition) is 0. The molecule has 0 aliphatic carbocycles. The Bertz CT molecular complexity index is 557. The standard InChI is InChI=1S/C15H14ClNO2/c1-19-14-5-3-2-4-12(14)13(15(16)18)10-11-6-8-17-9-7-11/h2-9,13H,10H2,1H3. The maximum Gasteiger partial charge on any atom is 0.229 e. The number of rotatable bonds is 5. The predicted octanol–water partition coefficient (Wildman–Crippen LogP) is 3.18. The van der Waals surface area contributed by atoms with Gasteiger partial charge in [0, 0.05) is 18.0 Å². The van der Waals surface area contributed by atoms with Gasteiger partial charge in [-0.25, -0.2) is 0 Å². The first kappa shape index (κ1) is 13.6. The lowest BCUT2D eigenvalue weighted by molar-refractivity contribution is -0.113. The molecule has 1 atom stereocenters. The maximum atomic E-state index is 11.7. The fraction of sp³-hybridized carbons (Fsp3) is 0.200. The van der Waals surface area contributed by atoms with Crippen LogP contribution in [0.3, 0.4) is 0 Å². The molecule has 0 spiro atoms. The molecule has 1 unspecified atom stereocenters. The van der Waals surface area contributed by atoms with Crippen LogP contribution in [-0.2, 0) is 11.2 Å². The summed E-state index contributed by atoms with van der Waals surface area (Å²) in [6, 6.07) is 11.2. The Hall–Kier alpha value is -1.87. The van der Waals surface area contributed by atoms with Crippen LogP contribution in [0.4, 0.5) is 0 Å². The lowest BCUT2D eigenvalue weighted by atomic mass is 9.93. The van der Waals surface area contributed by atoms with Gasteiger partial charge in [-0.1, -0.05) is 18.2 Å². The van der Waals surface area contributed by atoms with Gasteiger partial charge in [0.05, 0.1) is 13.0 Å². The van der Waals surface area contributed by atoms with Gasteiger partial charge >= 0.3 is 0 Å². The van der Waals surface area contributed by atoms with E-state index in [1.807, 2.05) is 36.4 Å². The van der Waals surface area contributed by atoms with Crippen LogP contribution in [0.2, 0.25) is 0 Å². The Kier molecular flexibility index (Phi) is 4.53. The molecule has 1 heterocycles. The highest BCUT2D eigenvalue weighted by atomic mass is 35.5. The fourth-order valence-electron chi connectivity index (χ4n) is 2.02. The van der Waals surface area contributed by atoms with Gasteiger partial charge < -0.3 is 4.74 Å². The molecule has 0 saturated heterocycles. The highest BCUT2D eigenvalue weighted by Crippen LogP contribution is 2.30. The van der Waals surface area contributed by atoms with Crippen molar-refractivity contribution < 1.29 is 9.53 Å². The molecular formula is C15H14ClNO2. The van der Waals surface area contributed by atoms with Gasteiger partial charge in [-0.2, -0.15) is 0 Å². The topological polar surface area (TPSA) is 39.2 Å². The van der Waals surface area contributed by atoms with Gasteiger partial charge in [0.25, 0.3) is 0 Å². The summed E-state index contributed by atoms with van der Waals surface area (Å²) in [6.45, 7) is 0. The molecule has 1 aromatic carbocycles. The first-order valence-electron chi connectivity index (χ1n) is 5.93. The van der Waals surface area contributed by atoms with Gasteiger partial charge in [-0.3, -0.25) is 9.78 Å². The zero-order valence-electron chi connectivity index (χ0n) is 10.5. The second-order valence-electron chi connectivity index (χ2n) is 4.16. The molecule has 2 rings (SSSR count). The van der Waals surface area contributed by atoms with Gasteiger partial charge in [-0.05, 0) is 41.8 Å². The molecule has 1 aromatic heterocycles. The van der Waals surface area contributed by atoms with Gasteiger partial charge in [-0.15, -0.1) is 0 Å². The number of halogens is 1. The van der Waals surface area contributed by atoms with Crippen molar-refractivity contribution in [1.29, 1.82) is 0 Å². The third-order valence-electron chi connectivity index (χ3n) is 2.98. The molecule has 19 heavy (non-hydrogen) atoms. The van der Waals surface area contributed by atoms with Crippen LogP contribution in [-0.4, -0.2) is 17.3 Å². The van der Waals surface area contributed by atoms with Gasteiger partial charge in [0.2, 0.25) is 5.24 Å². The molecule has 0 saturated carbocycles. The Balaban J connectivity index is 2.33. The third-order valence-corrected chi connectivity index (χ3v) is 3.24. The average Bonchev–Trinajstić information content (AvgIpc) is 2.45. The quantitative estimate of drug-likeness (QED) is 0.787. The van der Waals surface area contributed by atoms with E-state index in [1.54, 1.807) is 19.5 Å². The van der Waals surface area contributed by atoms with E-state index >= 15 is 0 Å². The molecule has 4 heteroatoms. The SMILES string of the molecule is COc1ccccc1C(Cc1ccncc1)C(=O)Cl. The number of carbonyl (C=O) groups is 1. The highest BCUT2D eigenvalue weighted by molar-refractivity contribution is 6.64. The van der Waals surface area contributed by atoms with Crippen molar-refractivity contribution >= 4 is 16.8 Å². The minimum atomic E-state index is -0.416. The molecule has 0 aliphatic heterocycles. The van der Waals surface area contributed by atoms with Crippen molar-refractivity contribution in [3.63, 3.8) is 0 Å². The van der Waals surface area contributed by atoms with Crippen molar-refractivity contribution in [3.05, 3.63) is 59.9 Å². The summed E-state index contributed by atoms with van der Waals surface area (Å²) in [7, 11) is 1.58. The van der Waals surface area contributed by atoms with Gasteiger partial charge in [0.15, 0.2) is 0 Å². The minimum Gasteiger partial charge on any atom is -0.496 e. The summed E-state index contributed by atoms with van der Waals surface area (Å²) in [5.41, 5.74) is 1.82. The summed E-state index contributed by atoms with van der Waals surface area (Å²) in [4.78, 5) is 15.7. The molecule has 0 bridgehead atoms. The Morgan fingerprint density at radius 2 is 1.95 bits per heavy atom. The Morgan fingerprint density at radius 1 is 1.26 bits per heavy atom. The Morgan fingerprint density at radius 3 is 2.58 bits per heavy atom. The zero-order valence-corrected chi connectivity index (χ0v) is 11.3. The van der Waals surface area contributed by atoms with E-state index in [1.165, 1.54) is 0 Å². The summed E-state index contributed by atoms with van der Waals surface area (Å²) < 4.78 is 5.29. The normalized spacial score (nSPS) is 11.9. The van der Waals surface area contributed by atoms with E-state index in [9.17, 15) is 4.79 Å². The number of nitrogens with zero attached hydrogens (tertiary/aromatic N) is 1. The predicted molar refractivity (Wildman–Crippen MR) is 74.5 cm³/mol. The summed E-state index contributed by atoms with van der Waals surface area (Å²) >= 11 is 5.75. The van der Waals surface area contributed by atoms with Crippen LogP contribution in [0.25, 0.3) is 0 Å². The van der Waals surface area contributed by atoms with Crippen LogP contribution in [0.5, 0.6) is 5.75 Å². The van der Waals surface area contributed by atoms with Crippen LogP contribution < -0.4 is 4.74 Å². The number of para-hydroxylation sites is 1. The second kappa shape index (κ2) is 6.34. The van der Waals surface area contributed by atoms with E-state index in [-0.39, 0.29) is 5.24 Å². The summed E-state index contributed by atoms with van der Waals surface area (Å²) in [5.74, 6) is 0.260. The molecule has 98 valence electrons. The monoisotopic (exact) mass is 275 g/mol. The number of benzene rings is 1. The van der Waals surface area contributed by atoms with Crippen molar-refractivity contribution in [2.75, 3.05) is 7.11 Å². The number of hydrogen-bond acceptors (Lipinski definition) is 3. The van der Waals surface area contributed by atoms with Crippen LogP contribution >= 0.6 is 11.6 Å². The molecule has 2 aromatic rings. The number of pyridine rings is 1. The lowest BCUT2D eigenvalue weighted by Crippen LogP contribution is -2.11. The molecule has 0 amide bonds. The number of ether oxygens (including phenoxy) is 1. The van der Waals surface area contributed by atoms with Crippen molar-refractivity contribution in [2.45, 2.75) is 12.3 Å². The van der Waals surface area contributed by atoms with Gasteiger partial charge in [0.1, 0.15) is 5.75 Å². The average molecular weight is 276 g/mol. The van der Waals surface area contributed by atoms with E-state index in [2.05, 4.69) is 4.98 Å². The summed E-state index contributed by atoms with van der Waals surface area (Å²) in [6.07, 6.45) is 3.94. The van der Waals surface area contributed by atoms with E-state index in [4.69, 9.17) is 16.3 Å². The van der Waals surface area contributed by atoms with Crippen molar-refractivity contribution in [1.82, 2.24) is 4.98 Å². The molecule has 0 aliphatic rings. The van der Waals surface area contributed by atoms with E-state index in [0.29, 0.717) is 12.2 Å². The highest BCUT2D eigenvalue weighted by Gasteiger charge is 2.22. The van der Waals surface area contributed by atoms with Crippen molar-refractivity contribution in [2.24, 2.45) is 0 Å².